The Kier molecular flexibility index (Phi) is 49.4. The summed E-state index contributed by atoms with van der Waals surface area (Å²) in [6, 6.07) is 0. The lowest BCUT2D eigenvalue weighted by Crippen LogP contribution is -2.69. The van der Waals surface area contributed by atoms with Crippen molar-refractivity contribution in [3.63, 3.8) is 0 Å². The van der Waals surface area contributed by atoms with E-state index >= 15 is 0 Å². The van der Waals surface area contributed by atoms with Gasteiger partial charge in [0.25, 0.3) is 0 Å². The average molecular weight is 1400 g/mol. The van der Waals surface area contributed by atoms with Gasteiger partial charge in [-0.05, 0) is 19.3 Å². The van der Waals surface area contributed by atoms with Gasteiger partial charge in [0, 0.05) is 19.3 Å². The lowest BCUT2D eigenvalue weighted by atomic mass is 9.84. The molecule has 25 heteroatoms. The molecule has 0 aromatic rings. The van der Waals surface area contributed by atoms with Gasteiger partial charge in [0.2, 0.25) is 0 Å². The van der Waals surface area contributed by atoms with Crippen LogP contribution in [0.3, 0.4) is 0 Å². The highest BCUT2D eigenvalue weighted by atomic mass is 31.2. The number of phosphoric acid groups is 1. The Morgan fingerprint density at radius 1 is 0.365 bits per heavy atom. The highest BCUT2D eigenvalue weighted by Gasteiger charge is 2.58. The largest absolute Gasteiger partial charge is 0.472 e. The van der Waals surface area contributed by atoms with E-state index in [2.05, 4.69) is 20.8 Å². The van der Waals surface area contributed by atoms with Crippen LogP contribution in [-0.2, 0) is 61.2 Å². The van der Waals surface area contributed by atoms with Crippen LogP contribution in [0.15, 0.2) is 0 Å². The van der Waals surface area contributed by atoms with Crippen molar-refractivity contribution in [2.75, 3.05) is 26.4 Å². The number of carbonyl (C=O) groups is 3. The summed E-state index contributed by atoms with van der Waals surface area (Å²) < 4.78 is 65.0. The predicted octanol–water partition coefficient (Wildman–Crippen LogP) is 10.2. The zero-order valence-electron chi connectivity index (χ0n) is 58.9. The maximum atomic E-state index is 14.3. The van der Waals surface area contributed by atoms with Crippen LogP contribution in [0.2, 0.25) is 0 Å². The van der Waals surface area contributed by atoms with Gasteiger partial charge in [-0.1, -0.05) is 265 Å². The smallest absolute Gasteiger partial charge is 0.463 e. The predicted molar refractivity (Wildman–Crippen MR) is 361 cm³/mol. The quantitative estimate of drug-likeness (QED) is 0.0117. The minimum absolute atomic E-state index is 0.0333. The van der Waals surface area contributed by atoms with Gasteiger partial charge in [-0.15, -0.1) is 0 Å². The van der Waals surface area contributed by atoms with Crippen molar-refractivity contribution in [3.8, 4) is 0 Å². The van der Waals surface area contributed by atoms with Crippen LogP contribution in [0.1, 0.15) is 303 Å². The summed E-state index contributed by atoms with van der Waals surface area (Å²) in [6.07, 6.45) is 10.3. The number of ether oxygens (including phenoxy) is 7. The van der Waals surface area contributed by atoms with Crippen molar-refractivity contribution < 1.29 is 117 Å². The highest BCUT2D eigenvalue weighted by molar-refractivity contribution is 7.47. The van der Waals surface area contributed by atoms with Crippen molar-refractivity contribution in [2.24, 2.45) is 0 Å². The summed E-state index contributed by atoms with van der Waals surface area (Å²) in [5.41, 5.74) is 0. The van der Waals surface area contributed by atoms with Crippen LogP contribution >= 0.6 is 7.82 Å². The molecule has 2 aliphatic heterocycles. The van der Waals surface area contributed by atoms with Crippen LogP contribution in [0.4, 0.5) is 0 Å². The molecule has 3 rings (SSSR count). The summed E-state index contributed by atoms with van der Waals surface area (Å²) >= 11 is 0. The molecule has 1 saturated carbocycles. The number of esters is 3. The van der Waals surface area contributed by atoms with Gasteiger partial charge in [0.05, 0.1) is 13.2 Å². The number of aliphatic hydroxyl groups is 10. The van der Waals surface area contributed by atoms with E-state index < -0.39 is 156 Å². The van der Waals surface area contributed by atoms with Gasteiger partial charge in [-0.3, -0.25) is 23.4 Å². The maximum absolute atomic E-state index is 14.3. The molecule has 2 saturated heterocycles. The first-order valence-electron chi connectivity index (χ1n) is 37.8. The Bertz CT molecular complexity index is 1990. The molecular formula is C71H133O24P. The molecule has 3 aliphatic rings. The van der Waals surface area contributed by atoms with Crippen LogP contribution in [0.25, 0.3) is 0 Å². The maximum Gasteiger partial charge on any atom is 0.472 e. The monoisotopic (exact) mass is 1400 g/mol. The van der Waals surface area contributed by atoms with Gasteiger partial charge in [-0.25, -0.2) is 4.57 Å². The minimum atomic E-state index is -5.69. The van der Waals surface area contributed by atoms with Crippen LogP contribution in [-0.4, -0.2) is 204 Å². The van der Waals surface area contributed by atoms with Gasteiger partial charge in [0.1, 0.15) is 98.7 Å². The van der Waals surface area contributed by atoms with Crippen molar-refractivity contribution in [1.82, 2.24) is 0 Å². The third kappa shape index (κ3) is 36.7. The standard InChI is InChI=1S/C71H133O24P/c1-4-7-10-13-16-19-22-25-27-29-31-34-37-40-43-46-56(74)88-51-54-59(77)61(79)66(84)71(92-54)94-68-64(82)62(80)63(81)67(93-70-65(83)60(78)58(76)53(48-72)91-70)69(68)95-96(85,86)89-50-52(49-87-55(73)45-42-39-36-33-30-24-21-18-15-12-9-6-3)90-57(75)47-44-41-38-35-32-28-26-23-20-17-14-11-8-5-2/h52-54,58-72,76-84H,4-51H2,1-3H3,(H,85,86). The van der Waals surface area contributed by atoms with Crippen molar-refractivity contribution in [1.29, 1.82) is 0 Å². The lowest BCUT2D eigenvalue weighted by Gasteiger charge is -2.49. The van der Waals surface area contributed by atoms with Crippen molar-refractivity contribution in [2.45, 2.75) is 407 Å². The molecule has 0 bridgehead atoms. The van der Waals surface area contributed by atoms with Crippen LogP contribution in [0.5, 0.6) is 0 Å². The zero-order valence-corrected chi connectivity index (χ0v) is 59.8. The van der Waals surface area contributed by atoms with Gasteiger partial charge in [-0.2, -0.15) is 0 Å². The fourth-order valence-corrected chi connectivity index (χ4v) is 13.7. The van der Waals surface area contributed by atoms with Gasteiger partial charge in [0.15, 0.2) is 18.7 Å². The molecule has 96 heavy (non-hydrogen) atoms. The molecule has 11 N–H and O–H groups in total. The molecule has 18 atom stereocenters. The number of unbranched alkanes of at least 4 members (excludes halogenated alkanes) is 38. The Hall–Kier alpha value is -2.04. The average Bonchev–Trinajstić information content (AvgIpc) is 0.763. The van der Waals surface area contributed by atoms with Gasteiger partial charge >= 0.3 is 25.7 Å². The van der Waals surface area contributed by atoms with E-state index in [1.165, 1.54) is 148 Å². The first kappa shape index (κ1) is 88.2. The van der Waals surface area contributed by atoms with Crippen LogP contribution in [0, 0.1) is 0 Å². The molecule has 1 aliphatic carbocycles. The summed E-state index contributed by atoms with van der Waals surface area (Å²) in [5.74, 6) is -1.97. The SMILES string of the molecule is CCCCCCCCCCCCCCCCCC(=O)OCC1OC(OC2C(O)C(O)C(O)C(OC3OC(CO)C(O)C(O)C3O)C2OP(=O)(O)OCC(COC(=O)CCCCCCCCCCCCCC)OC(=O)CCCCCCCCCCCCCCCC)C(O)C(O)C1O. The molecule has 0 spiro atoms. The van der Waals surface area contributed by atoms with Gasteiger partial charge < -0.3 is 89.1 Å². The number of hydrogen-bond acceptors (Lipinski definition) is 23. The Labute approximate surface area is 574 Å². The van der Waals surface area contributed by atoms with E-state index in [4.69, 9.17) is 42.2 Å². The highest BCUT2D eigenvalue weighted by Crippen LogP contribution is 2.49. The van der Waals surface area contributed by atoms with E-state index in [0.29, 0.717) is 19.3 Å². The molecule has 2 heterocycles. The summed E-state index contributed by atoms with van der Waals surface area (Å²) in [7, 11) is -5.69. The van der Waals surface area contributed by atoms with E-state index in [1.54, 1.807) is 0 Å². The topological polar surface area (TPSA) is 374 Å². The molecule has 0 radical (unpaired) electrons. The molecule has 0 aromatic heterocycles. The molecule has 0 aromatic carbocycles. The molecule has 0 amide bonds. The van der Waals surface area contributed by atoms with Crippen molar-refractivity contribution in [3.05, 3.63) is 0 Å². The third-order valence-electron chi connectivity index (χ3n) is 18.9. The lowest BCUT2D eigenvalue weighted by molar-refractivity contribution is -0.360. The summed E-state index contributed by atoms with van der Waals surface area (Å²) in [5, 5.41) is 110. The normalized spacial score (nSPS) is 27.9. The first-order valence-corrected chi connectivity index (χ1v) is 39.3. The molecule has 18 unspecified atom stereocenters. The molecular weight excluding hydrogens is 1270 g/mol. The van der Waals surface area contributed by atoms with E-state index in [0.717, 1.165) is 96.3 Å². The molecule has 3 fully saturated rings. The summed E-state index contributed by atoms with van der Waals surface area (Å²) in [6.45, 7) is 3.46. The van der Waals surface area contributed by atoms with E-state index in [9.17, 15) is 74.9 Å². The fourth-order valence-electron chi connectivity index (χ4n) is 12.7. The number of phosphoric ester groups is 1. The summed E-state index contributed by atoms with van der Waals surface area (Å²) in [4.78, 5) is 50.9. The zero-order chi connectivity index (χ0) is 70.4. The number of rotatable bonds is 59. The number of aliphatic hydroxyl groups excluding tert-OH is 10. The second-order valence-electron chi connectivity index (χ2n) is 27.4. The van der Waals surface area contributed by atoms with Crippen molar-refractivity contribution >= 4 is 25.7 Å². The van der Waals surface area contributed by atoms with E-state index in [1.807, 2.05) is 0 Å². The first-order chi connectivity index (χ1) is 46.3. The van der Waals surface area contributed by atoms with Crippen LogP contribution < -0.4 is 0 Å². The fraction of sp³-hybridized carbons (Fsp3) is 0.958. The Morgan fingerprint density at radius 2 is 0.667 bits per heavy atom. The van der Waals surface area contributed by atoms with E-state index in [-0.39, 0.29) is 19.3 Å². The second-order valence-corrected chi connectivity index (χ2v) is 28.8. The number of carbonyl (C=O) groups excluding carboxylic acids is 3. The molecule has 566 valence electrons. The Balaban J connectivity index is 1.73. The molecule has 24 nitrogen and oxygen atoms in total. The number of hydrogen-bond donors (Lipinski definition) is 11. The second kappa shape index (κ2) is 53.7. The third-order valence-corrected chi connectivity index (χ3v) is 19.9. The minimum Gasteiger partial charge on any atom is -0.463 e. The Morgan fingerprint density at radius 3 is 1.02 bits per heavy atom.